The third-order valence-electron chi connectivity index (χ3n) is 4.45. The Morgan fingerprint density at radius 2 is 2.12 bits per heavy atom. The predicted octanol–water partition coefficient (Wildman–Crippen LogP) is 1.34. The number of piperidine rings is 1. The van der Waals surface area contributed by atoms with Gasteiger partial charge in [0.25, 0.3) is 11.5 Å². The molecule has 0 spiro atoms. The van der Waals surface area contributed by atoms with Gasteiger partial charge in [0.2, 0.25) is 5.76 Å². The Morgan fingerprint density at radius 3 is 2.83 bits per heavy atom. The molecule has 3 aromatic heterocycles. The highest BCUT2D eigenvalue weighted by Crippen LogP contribution is 2.27. The van der Waals surface area contributed by atoms with Gasteiger partial charge in [0.05, 0.1) is 11.9 Å². The number of fused-ring (bicyclic) bond motifs is 1. The van der Waals surface area contributed by atoms with Crippen LogP contribution >= 0.6 is 0 Å². The Hall–Kier alpha value is -2.90. The SMILES string of the molecule is Cc1cc2nc(C3CCN(C(=O)c4ccno4)CC3)cc(=O)n2[nH]1. The van der Waals surface area contributed by atoms with Crippen LogP contribution in [0.3, 0.4) is 0 Å². The maximum absolute atomic E-state index is 12.3. The number of aromatic amines is 1. The molecule has 124 valence electrons. The third kappa shape index (κ3) is 2.49. The second kappa shape index (κ2) is 5.63. The molecule has 4 rings (SSSR count). The molecule has 0 aromatic carbocycles. The molecule has 24 heavy (non-hydrogen) atoms. The molecule has 0 unspecified atom stereocenters. The van der Waals surface area contributed by atoms with E-state index in [1.165, 1.54) is 10.7 Å². The van der Waals surface area contributed by atoms with Crippen molar-refractivity contribution < 1.29 is 9.32 Å². The molecule has 1 N–H and O–H groups in total. The monoisotopic (exact) mass is 327 g/mol. The Bertz CT molecular complexity index is 932. The minimum atomic E-state index is -0.143. The molecular formula is C16H17N5O3. The van der Waals surface area contributed by atoms with Gasteiger partial charge in [0, 0.05) is 42.9 Å². The molecule has 0 aliphatic carbocycles. The summed E-state index contributed by atoms with van der Waals surface area (Å²) in [6, 6.07) is 5.01. The lowest BCUT2D eigenvalue weighted by Gasteiger charge is -2.30. The van der Waals surface area contributed by atoms with Crippen molar-refractivity contribution >= 4 is 11.6 Å². The normalized spacial score (nSPS) is 16.0. The molecule has 0 atom stereocenters. The molecule has 0 saturated carbocycles. The van der Waals surface area contributed by atoms with E-state index in [1.807, 2.05) is 13.0 Å². The molecule has 1 fully saturated rings. The molecule has 3 aromatic rings. The van der Waals surface area contributed by atoms with Crippen molar-refractivity contribution in [3.05, 3.63) is 51.9 Å². The topological polar surface area (TPSA) is 96.5 Å². The maximum Gasteiger partial charge on any atom is 0.292 e. The zero-order valence-electron chi connectivity index (χ0n) is 13.2. The van der Waals surface area contributed by atoms with E-state index in [0.717, 1.165) is 24.2 Å². The average molecular weight is 327 g/mol. The Balaban J connectivity index is 1.51. The first kappa shape index (κ1) is 14.7. The van der Waals surface area contributed by atoms with E-state index in [-0.39, 0.29) is 23.1 Å². The summed E-state index contributed by atoms with van der Waals surface area (Å²) in [4.78, 5) is 30.8. The van der Waals surface area contributed by atoms with Crippen LogP contribution in [0.25, 0.3) is 5.65 Å². The number of nitrogens with one attached hydrogen (secondary N) is 1. The number of aromatic nitrogens is 4. The summed E-state index contributed by atoms with van der Waals surface area (Å²) >= 11 is 0. The number of hydrogen-bond donors (Lipinski definition) is 1. The highest BCUT2D eigenvalue weighted by molar-refractivity contribution is 5.91. The van der Waals surface area contributed by atoms with Crippen molar-refractivity contribution in [2.24, 2.45) is 0 Å². The van der Waals surface area contributed by atoms with Gasteiger partial charge in [-0.3, -0.25) is 14.7 Å². The molecule has 1 saturated heterocycles. The lowest BCUT2D eigenvalue weighted by atomic mass is 9.93. The summed E-state index contributed by atoms with van der Waals surface area (Å²) in [7, 11) is 0. The Morgan fingerprint density at radius 1 is 1.33 bits per heavy atom. The first-order valence-corrected chi connectivity index (χ1v) is 7.91. The molecular weight excluding hydrogens is 310 g/mol. The van der Waals surface area contributed by atoms with Crippen LogP contribution in [0.1, 0.15) is 40.7 Å². The fourth-order valence-electron chi connectivity index (χ4n) is 3.20. The quantitative estimate of drug-likeness (QED) is 0.766. The fourth-order valence-corrected chi connectivity index (χ4v) is 3.20. The summed E-state index contributed by atoms with van der Waals surface area (Å²) in [5.74, 6) is 0.293. The van der Waals surface area contributed by atoms with Gasteiger partial charge in [-0.1, -0.05) is 5.16 Å². The number of rotatable bonds is 2. The minimum Gasteiger partial charge on any atom is -0.351 e. The lowest BCUT2D eigenvalue weighted by molar-refractivity contribution is 0.0670. The average Bonchev–Trinajstić information content (AvgIpc) is 3.23. The molecule has 1 aliphatic heterocycles. The highest BCUT2D eigenvalue weighted by atomic mass is 16.5. The van der Waals surface area contributed by atoms with Crippen LogP contribution in [0.5, 0.6) is 0 Å². The van der Waals surface area contributed by atoms with Crippen LogP contribution < -0.4 is 5.56 Å². The third-order valence-corrected chi connectivity index (χ3v) is 4.45. The van der Waals surface area contributed by atoms with Gasteiger partial charge in [-0.2, -0.15) is 0 Å². The highest BCUT2D eigenvalue weighted by Gasteiger charge is 2.27. The van der Waals surface area contributed by atoms with E-state index in [2.05, 4.69) is 15.2 Å². The van der Waals surface area contributed by atoms with Gasteiger partial charge in [0.1, 0.15) is 0 Å². The zero-order chi connectivity index (χ0) is 16.7. The molecule has 1 amide bonds. The van der Waals surface area contributed by atoms with E-state index < -0.39 is 0 Å². The van der Waals surface area contributed by atoms with Crippen LogP contribution in [0, 0.1) is 6.92 Å². The van der Waals surface area contributed by atoms with Gasteiger partial charge in [-0.15, -0.1) is 0 Å². The van der Waals surface area contributed by atoms with Crippen molar-refractivity contribution in [2.45, 2.75) is 25.7 Å². The predicted molar refractivity (Wildman–Crippen MR) is 84.9 cm³/mol. The second-order valence-electron chi connectivity index (χ2n) is 6.10. The van der Waals surface area contributed by atoms with Gasteiger partial charge in [-0.05, 0) is 19.8 Å². The first-order valence-electron chi connectivity index (χ1n) is 7.91. The number of carbonyl (C=O) groups is 1. The number of nitrogens with zero attached hydrogens (tertiary/aromatic N) is 4. The summed E-state index contributed by atoms with van der Waals surface area (Å²) in [6.45, 7) is 3.11. The van der Waals surface area contributed by atoms with E-state index in [0.29, 0.717) is 18.7 Å². The largest absolute Gasteiger partial charge is 0.351 e. The van der Waals surface area contributed by atoms with Gasteiger partial charge >= 0.3 is 0 Å². The van der Waals surface area contributed by atoms with Crippen LogP contribution in [0.4, 0.5) is 0 Å². The molecule has 0 bridgehead atoms. The van der Waals surface area contributed by atoms with Gasteiger partial charge < -0.3 is 9.42 Å². The summed E-state index contributed by atoms with van der Waals surface area (Å²) in [5, 5.41) is 6.54. The summed E-state index contributed by atoms with van der Waals surface area (Å²) in [6.07, 6.45) is 3.00. The maximum atomic E-state index is 12.3. The molecule has 8 heteroatoms. The smallest absolute Gasteiger partial charge is 0.292 e. The van der Waals surface area contributed by atoms with Gasteiger partial charge in [0.15, 0.2) is 5.65 Å². The Kier molecular flexibility index (Phi) is 3.44. The molecule has 4 heterocycles. The zero-order valence-corrected chi connectivity index (χ0v) is 13.2. The number of aryl methyl sites for hydroxylation is 1. The Labute approximate surface area is 137 Å². The number of carbonyl (C=O) groups excluding carboxylic acids is 1. The fraction of sp³-hybridized carbons (Fsp3) is 0.375. The number of H-pyrrole nitrogens is 1. The summed E-state index contributed by atoms with van der Waals surface area (Å²) in [5.41, 5.74) is 2.22. The van der Waals surface area contributed by atoms with E-state index in [9.17, 15) is 9.59 Å². The van der Waals surface area contributed by atoms with E-state index in [4.69, 9.17) is 4.52 Å². The minimum absolute atomic E-state index is 0.108. The van der Waals surface area contributed by atoms with Crippen molar-refractivity contribution in [1.82, 2.24) is 24.7 Å². The number of likely N-dealkylation sites (tertiary alicyclic amines) is 1. The van der Waals surface area contributed by atoms with Crippen molar-refractivity contribution in [1.29, 1.82) is 0 Å². The van der Waals surface area contributed by atoms with Crippen LogP contribution in [0.2, 0.25) is 0 Å². The summed E-state index contributed by atoms with van der Waals surface area (Å²) < 4.78 is 6.37. The van der Waals surface area contributed by atoms with E-state index >= 15 is 0 Å². The molecule has 1 aliphatic rings. The second-order valence-corrected chi connectivity index (χ2v) is 6.10. The molecule has 0 radical (unpaired) electrons. The first-order chi connectivity index (χ1) is 11.6. The van der Waals surface area contributed by atoms with Crippen LogP contribution in [-0.2, 0) is 0 Å². The van der Waals surface area contributed by atoms with E-state index in [1.54, 1.807) is 17.0 Å². The number of hydrogen-bond acceptors (Lipinski definition) is 5. The van der Waals surface area contributed by atoms with Crippen molar-refractivity contribution in [2.75, 3.05) is 13.1 Å². The molecule has 8 nitrogen and oxygen atoms in total. The lowest BCUT2D eigenvalue weighted by Crippen LogP contribution is -2.38. The van der Waals surface area contributed by atoms with Crippen molar-refractivity contribution in [3.8, 4) is 0 Å². The van der Waals surface area contributed by atoms with Gasteiger partial charge in [-0.25, -0.2) is 9.50 Å². The van der Waals surface area contributed by atoms with Crippen molar-refractivity contribution in [3.63, 3.8) is 0 Å². The number of amides is 1. The van der Waals surface area contributed by atoms with Crippen LogP contribution in [-0.4, -0.2) is 43.7 Å². The standard InChI is InChI=1S/C16H17N5O3/c1-10-8-14-18-12(9-15(22)21(14)19-10)11-3-6-20(7-4-11)16(23)13-2-5-17-24-13/h2,5,8-9,11,19H,3-4,6-7H2,1H3. The van der Waals surface area contributed by atoms with Crippen LogP contribution in [0.15, 0.2) is 33.7 Å².